The molecule has 0 aromatic carbocycles. The summed E-state index contributed by atoms with van der Waals surface area (Å²) < 4.78 is 18.5. The number of aromatic nitrogens is 4. The Morgan fingerprint density at radius 2 is 1.90 bits per heavy atom. The predicted octanol–water partition coefficient (Wildman–Crippen LogP) is 5.26. The van der Waals surface area contributed by atoms with Crippen LogP contribution in [0.2, 0.25) is 0 Å². The maximum Gasteiger partial charge on any atom is 0.425 e. The summed E-state index contributed by atoms with van der Waals surface area (Å²) in [5.41, 5.74) is 1.07. The number of anilines is 1. The Bertz CT molecular complexity index is 1220. The Morgan fingerprint density at radius 1 is 1.23 bits per heavy atom. The first-order valence-electron chi connectivity index (χ1n) is 13.1. The smallest absolute Gasteiger partial charge is 0.425 e. The van der Waals surface area contributed by atoms with Crippen LogP contribution in [0.4, 0.5) is 15.4 Å². The fraction of sp³-hybridized carbons (Fsp3) is 0.556. The molecule has 2 heterocycles. The van der Waals surface area contributed by atoms with Crippen LogP contribution in [0.15, 0.2) is 24.8 Å². The lowest BCUT2D eigenvalue weighted by atomic mass is 10.0. The molecule has 2 amide bonds. The lowest BCUT2D eigenvalue weighted by molar-refractivity contribution is -0.134. The van der Waals surface area contributed by atoms with Gasteiger partial charge in [-0.3, -0.25) is 0 Å². The minimum atomic E-state index is -1.56. The van der Waals surface area contributed by atoms with E-state index < -0.39 is 24.1 Å². The molecule has 1 saturated carbocycles. The number of imide groups is 1. The molecule has 0 bridgehead atoms. The topological polar surface area (TPSA) is 153 Å². The van der Waals surface area contributed by atoms with Crippen LogP contribution in [0, 0.1) is 17.2 Å². The fourth-order valence-electron chi connectivity index (χ4n) is 4.54. The van der Waals surface area contributed by atoms with Gasteiger partial charge in [-0.2, -0.15) is 15.3 Å². The second-order valence-electron chi connectivity index (χ2n) is 10.0. The zero-order valence-corrected chi connectivity index (χ0v) is 23.1. The van der Waals surface area contributed by atoms with Crippen LogP contribution < -0.4 is 4.90 Å². The van der Waals surface area contributed by atoms with Gasteiger partial charge >= 0.3 is 12.2 Å². The third-order valence-electron chi connectivity index (χ3n) is 6.08. The van der Waals surface area contributed by atoms with E-state index in [1.165, 1.54) is 12.4 Å². The molecule has 2 aromatic rings. The number of ether oxygens (including phenoxy) is 3. The molecule has 1 aliphatic carbocycles. The van der Waals surface area contributed by atoms with Crippen LogP contribution in [-0.4, -0.2) is 62.1 Å². The molecule has 1 N–H and O–H groups in total. The van der Waals surface area contributed by atoms with E-state index >= 15 is 0 Å². The van der Waals surface area contributed by atoms with E-state index in [0.717, 1.165) is 31.4 Å². The number of nitrogens with zero attached hydrogens (tertiary/aromatic N) is 6. The first-order valence-corrected chi connectivity index (χ1v) is 13.1. The van der Waals surface area contributed by atoms with Gasteiger partial charge in [0.1, 0.15) is 11.9 Å². The Balaban J connectivity index is 2.14. The number of carbonyl (C=O) groups is 2. The van der Waals surface area contributed by atoms with Gasteiger partial charge in [0, 0.05) is 49.0 Å². The van der Waals surface area contributed by atoms with Gasteiger partial charge in [0.2, 0.25) is 0 Å². The van der Waals surface area contributed by atoms with Gasteiger partial charge in [0.05, 0.1) is 23.7 Å². The van der Waals surface area contributed by atoms with Crippen molar-refractivity contribution in [3.8, 4) is 17.3 Å². The predicted molar refractivity (Wildman–Crippen MR) is 143 cm³/mol. The Morgan fingerprint density at radius 3 is 2.46 bits per heavy atom. The molecule has 0 spiro atoms. The summed E-state index contributed by atoms with van der Waals surface area (Å²) in [5.74, 6) is 0.0512. The van der Waals surface area contributed by atoms with Crippen molar-refractivity contribution in [2.24, 2.45) is 5.92 Å². The summed E-state index contributed by atoms with van der Waals surface area (Å²) in [7, 11) is 0. The molecule has 210 valence electrons. The molecule has 39 heavy (non-hydrogen) atoms. The average molecular weight is 541 g/mol. The summed E-state index contributed by atoms with van der Waals surface area (Å²) in [6.45, 7) is 9.25. The first-order chi connectivity index (χ1) is 18.6. The highest BCUT2D eigenvalue weighted by Crippen LogP contribution is 2.35. The number of carbonyl (C=O) groups excluding carboxylic acids is 1. The molecular weight excluding hydrogens is 504 g/mol. The van der Waals surface area contributed by atoms with Crippen LogP contribution in [0.1, 0.15) is 65.9 Å². The van der Waals surface area contributed by atoms with Crippen molar-refractivity contribution in [2.75, 3.05) is 18.1 Å². The summed E-state index contributed by atoms with van der Waals surface area (Å²) >= 11 is 0. The normalized spacial score (nSPS) is 14.4. The number of hydrogen-bond donors (Lipinski definition) is 1. The van der Waals surface area contributed by atoms with E-state index in [9.17, 15) is 20.0 Å². The van der Waals surface area contributed by atoms with Crippen molar-refractivity contribution < 1.29 is 28.9 Å². The third kappa shape index (κ3) is 7.61. The highest BCUT2D eigenvalue weighted by atomic mass is 16.7. The van der Waals surface area contributed by atoms with Crippen molar-refractivity contribution in [3.63, 3.8) is 0 Å². The van der Waals surface area contributed by atoms with Crippen molar-refractivity contribution in [1.82, 2.24) is 19.7 Å². The van der Waals surface area contributed by atoms with Crippen molar-refractivity contribution in [3.05, 3.63) is 30.4 Å². The molecule has 0 unspecified atom stereocenters. The van der Waals surface area contributed by atoms with Gasteiger partial charge in [-0.1, -0.05) is 12.8 Å². The number of amides is 2. The minimum Gasteiger partial charge on any atom is -0.464 e. The zero-order valence-electron chi connectivity index (χ0n) is 23.1. The molecule has 3 rings (SSSR count). The Hall–Kier alpha value is -3.82. The van der Waals surface area contributed by atoms with Gasteiger partial charge in [-0.25, -0.2) is 24.2 Å². The Labute approximate surface area is 228 Å². The van der Waals surface area contributed by atoms with Crippen LogP contribution in [-0.2, 0) is 20.6 Å². The van der Waals surface area contributed by atoms with Crippen LogP contribution in [0.3, 0.4) is 0 Å². The largest absolute Gasteiger partial charge is 0.464 e. The number of carboxylic acid groups (broad SMARTS) is 1. The number of hydrogen-bond acceptors (Lipinski definition) is 9. The molecule has 2 aromatic heterocycles. The van der Waals surface area contributed by atoms with Gasteiger partial charge in [0.15, 0.2) is 12.1 Å². The molecule has 1 aliphatic rings. The van der Waals surface area contributed by atoms with E-state index in [4.69, 9.17) is 14.2 Å². The van der Waals surface area contributed by atoms with E-state index in [2.05, 4.69) is 21.1 Å². The van der Waals surface area contributed by atoms with E-state index in [1.54, 1.807) is 37.8 Å². The van der Waals surface area contributed by atoms with Crippen molar-refractivity contribution in [2.45, 2.75) is 78.6 Å². The molecule has 0 aliphatic heterocycles. The maximum absolute atomic E-state index is 13.0. The highest BCUT2D eigenvalue weighted by Gasteiger charge is 2.34. The van der Waals surface area contributed by atoms with Gasteiger partial charge < -0.3 is 19.3 Å². The van der Waals surface area contributed by atoms with E-state index in [-0.39, 0.29) is 18.2 Å². The summed E-state index contributed by atoms with van der Waals surface area (Å²) in [6, 6.07) is 2.12. The van der Waals surface area contributed by atoms with Crippen molar-refractivity contribution in [1.29, 1.82) is 5.26 Å². The standard InChI is InChI=1S/C27H36N6O6/c1-6-37-22(38-7-2)14-20-23(19-15-31-32(16-19)21(12-13-28)18-10-8-9-11-18)29-17-30-24(20)33(25(34)35)26(36)39-27(3,4)5/h12,15-18,22H,6-11,14H2,1-5H3,(H,34,35)/b21-12-. The minimum absolute atomic E-state index is 0.0501. The van der Waals surface area contributed by atoms with E-state index in [0.29, 0.717) is 34.9 Å². The quantitative estimate of drug-likeness (QED) is 0.312. The second-order valence-corrected chi connectivity index (χ2v) is 10.0. The number of rotatable bonds is 10. The summed E-state index contributed by atoms with van der Waals surface area (Å²) in [5, 5.41) is 23.9. The third-order valence-corrected chi connectivity index (χ3v) is 6.08. The molecular formula is C27H36N6O6. The summed E-state index contributed by atoms with van der Waals surface area (Å²) in [6.07, 6.45) is 6.79. The molecule has 12 heteroatoms. The van der Waals surface area contributed by atoms with Crippen LogP contribution in [0.5, 0.6) is 0 Å². The fourth-order valence-corrected chi connectivity index (χ4v) is 4.54. The van der Waals surface area contributed by atoms with Crippen LogP contribution in [0.25, 0.3) is 17.0 Å². The second kappa shape index (κ2) is 13.3. The number of nitriles is 1. The molecule has 12 nitrogen and oxygen atoms in total. The molecule has 0 radical (unpaired) electrons. The van der Waals surface area contributed by atoms with Gasteiger partial charge in [0.25, 0.3) is 0 Å². The molecule has 1 fully saturated rings. The molecule has 0 saturated heterocycles. The lowest BCUT2D eigenvalue weighted by Gasteiger charge is -2.26. The highest BCUT2D eigenvalue weighted by molar-refractivity contribution is 6.08. The SMILES string of the molecule is CCOC(Cc1c(-c2cnn(/C(=C\C#N)C3CCCC3)c2)ncnc1N(C(=O)O)C(=O)OC(C)(C)C)OCC. The van der Waals surface area contributed by atoms with Crippen LogP contribution >= 0.6 is 0 Å². The monoisotopic (exact) mass is 540 g/mol. The Kier molecular flexibility index (Phi) is 10.1. The van der Waals surface area contributed by atoms with E-state index in [1.807, 2.05) is 13.8 Å². The summed E-state index contributed by atoms with van der Waals surface area (Å²) in [4.78, 5) is 34.4. The number of allylic oxidation sites excluding steroid dienone is 2. The van der Waals surface area contributed by atoms with Crippen molar-refractivity contribution >= 4 is 23.7 Å². The maximum atomic E-state index is 13.0. The zero-order chi connectivity index (χ0) is 28.6. The molecule has 0 atom stereocenters. The van der Waals surface area contributed by atoms with Gasteiger partial charge in [-0.15, -0.1) is 0 Å². The lowest BCUT2D eigenvalue weighted by Crippen LogP contribution is -2.41. The first kappa shape index (κ1) is 29.7. The average Bonchev–Trinajstić information content (AvgIpc) is 3.55. The van der Waals surface area contributed by atoms with Gasteiger partial charge in [-0.05, 0) is 47.5 Å².